The van der Waals surface area contributed by atoms with Crippen LogP contribution in [0.4, 0.5) is 10.1 Å². The highest BCUT2D eigenvalue weighted by molar-refractivity contribution is 7.89. The van der Waals surface area contributed by atoms with Crippen LogP contribution < -0.4 is 5.32 Å². The first-order chi connectivity index (χ1) is 13.7. The van der Waals surface area contributed by atoms with Crippen molar-refractivity contribution in [2.45, 2.75) is 44.0 Å². The summed E-state index contributed by atoms with van der Waals surface area (Å²) in [5, 5.41) is 2.53. The van der Waals surface area contributed by atoms with Crippen LogP contribution >= 0.6 is 0 Å². The van der Waals surface area contributed by atoms with Gasteiger partial charge in [-0.15, -0.1) is 0 Å². The summed E-state index contributed by atoms with van der Waals surface area (Å²) in [6.07, 6.45) is 1.68. The summed E-state index contributed by atoms with van der Waals surface area (Å²) in [5.74, 6) is -1.29. The van der Waals surface area contributed by atoms with Gasteiger partial charge in [-0.05, 0) is 56.5 Å². The van der Waals surface area contributed by atoms with E-state index in [1.54, 1.807) is 13.0 Å². The zero-order chi connectivity index (χ0) is 21.2. The van der Waals surface area contributed by atoms with Gasteiger partial charge in [-0.25, -0.2) is 12.8 Å². The van der Waals surface area contributed by atoms with Crippen LogP contribution in [0.1, 0.15) is 42.1 Å². The molecule has 0 aromatic heterocycles. The third-order valence-electron chi connectivity index (χ3n) is 5.00. The molecule has 1 saturated heterocycles. The van der Waals surface area contributed by atoms with Crippen molar-refractivity contribution in [3.8, 4) is 0 Å². The fourth-order valence-corrected chi connectivity index (χ4v) is 5.06. The number of rotatable bonds is 5. The van der Waals surface area contributed by atoms with E-state index in [-0.39, 0.29) is 22.9 Å². The van der Waals surface area contributed by atoms with E-state index in [4.69, 9.17) is 0 Å². The monoisotopic (exact) mass is 418 g/mol. The maximum Gasteiger partial charge on any atom is 0.243 e. The highest BCUT2D eigenvalue weighted by Gasteiger charge is 2.37. The summed E-state index contributed by atoms with van der Waals surface area (Å²) in [7, 11) is -3.94. The number of sulfonamides is 1. The lowest BCUT2D eigenvalue weighted by atomic mass is 10.0. The first-order valence-corrected chi connectivity index (χ1v) is 10.8. The van der Waals surface area contributed by atoms with Crippen LogP contribution in [0.15, 0.2) is 47.4 Å². The summed E-state index contributed by atoms with van der Waals surface area (Å²) in [5.41, 5.74) is 1.22. The number of carbonyl (C=O) groups excluding carboxylic acids is 2. The quantitative estimate of drug-likeness (QED) is 0.753. The normalized spacial score (nSPS) is 17.7. The van der Waals surface area contributed by atoms with Gasteiger partial charge in [-0.2, -0.15) is 4.31 Å². The largest absolute Gasteiger partial charge is 0.322 e. The van der Waals surface area contributed by atoms with Gasteiger partial charge in [0.2, 0.25) is 15.9 Å². The summed E-state index contributed by atoms with van der Waals surface area (Å²) >= 11 is 0. The van der Waals surface area contributed by atoms with Crippen LogP contribution in [0.3, 0.4) is 0 Å². The minimum atomic E-state index is -3.94. The Bertz CT molecular complexity index is 1040. The Morgan fingerprint density at radius 1 is 1.10 bits per heavy atom. The lowest BCUT2D eigenvalue weighted by Crippen LogP contribution is -2.49. The molecule has 1 aliphatic rings. The van der Waals surface area contributed by atoms with Gasteiger partial charge in [0.25, 0.3) is 0 Å². The van der Waals surface area contributed by atoms with Crippen LogP contribution in [0.25, 0.3) is 0 Å². The number of ketones is 1. The van der Waals surface area contributed by atoms with E-state index in [1.165, 1.54) is 47.6 Å². The Balaban J connectivity index is 1.87. The second-order valence-electron chi connectivity index (χ2n) is 7.18. The van der Waals surface area contributed by atoms with Gasteiger partial charge in [-0.3, -0.25) is 9.59 Å². The van der Waals surface area contributed by atoms with Crippen molar-refractivity contribution in [2.75, 3.05) is 11.9 Å². The number of anilines is 1. The molecule has 8 heteroatoms. The molecule has 0 bridgehead atoms. The molecule has 154 valence electrons. The maximum absolute atomic E-state index is 14.0. The second-order valence-corrected chi connectivity index (χ2v) is 9.07. The number of nitrogens with zero attached hydrogens (tertiary/aromatic N) is 1. The van der Waals surface area contributed by atoms with Gasteiger partial charge in [-0.1, -0.05) is 24.6 Å². The molecular weight excluding hydrogens is 395 g/mol. The highest BCUT2D eigenvalue weighted by Crippen LogP contribution is 2.27. The number of Topliss-reactive ketones (excluding diaryl/α,β-unsaturated/α-hetero) is 1. The van der Waals surface area contributed by atoms with Gasteiger partial charge in [0, 0.05) is 12.1 Å². The van der Waals surface area contributed by atoms with Gasteiger partial charge in [0.05, 0.1) is 10.6 Å². The number of amides is 1. The zero-order valence-corrected chi connectivity index (χ0v) is 17.1. The number of aryl methyl sites for hydroxylation is 1. The SMILES string of the molecule is CC(=O)c1ccc(S(=O)(=O)N2CCCCC2C(=O)Nc2cc(C)ccc2F)cc1. The summed E-state index contributed by atoms with van der Waals surface area (Å²) < 4.78 is 41.5. The van der Waals surface area contributed by atoms with Gasteiger partial charge in [0.15, 0.2) is 5.78 Å². The first kappa shape index (κ1) is 21.1. The van der Waals surface area contributed by atoms with Gasteiger partial charge >= 0.3 is 0 Å². The molecule has 0 saturated carbocycles. The smallest absolute Gasteiger partial charge is 0.243 e. The van der Waals surface area contributed by atoms with Crippen molar-refractivity contribution in [3.05, 3.63) is 59.4 Å². The number of carbonyl (C=O) groups is 2. The molecule has 1 unspecified atom stereocenters. The fourth-order valence-electron chi connectivity index (χ4n) is 3.40. The summed E-state index contributed by atoms with van der Waals surface area (Å²) in [4.78, 5) is 24.3. The third kappa shape index (κ3) is 4.54. The molecule has 0 spiro atoms. The zero-order valence-electron chi connectivity index (χ0n) is 16.3. The van der Waals surface area contributed by atoms with Crippen LogP contribution in [0.5, 0.6) is 0 Å². The Morgan fingerprint density at radius 2 is 1.79 bits per heavy atom. The Hall–Kier alpha value is -2.58. The van der Waals surface area contributed by atoms with Crippen molar-refractivity contribution in [2.24, 2.45) is 0 Å². The van der Waals surface area contributed by atoms with Crippen molar-refractivity contribution in [1.82, 2.24) is 4.31 Å². The molecule has 2 aromatic carbocycles. The number of hydrogen-bond donors (Lipinski definition) is 1. The molecular formula is C21H23FN2O4S. The summed E-state index contributed by atoms with van der Waals surface area (Å²) in [6.45, 7) is 3.38. The second kappa shape index (κ2) is 8.42. The Labute approximate surface area is 169 Å². The van der Waals surface area contributed by atoms with Crippen molar-refractivity contribution in [1.29, 1.82) is 0 Å². The van der Waals surface area contributed by atoms with E-state index in [0.717, 1.165) is 5.56 Å². The first-order valence-electron chi connectivity index (χ1n) is 9.40. The Kier molecular flexibility index (Phi) is 6.14. The molecule has 1 N–H and O–H groups in total. The number of benzene rings is 2. The highest BCUT2D eigenvalue weighted by atomic mass is 32.2. The van der Waals surface area contributed by atoms with Gasteiger partial charge < -0.3 is 5.32 Å². The van der Waals surface area contributed by atoms with Crippen molar-refractivity contribution in [3.63, 3.8) is 0 Å². The molecule has 29 heavy (non-hydrogen) atoms. The van der Waals surface area contributed by atoms with Crippen LogP contribution in [-0.4, -0.2) is 37.0 Å². The van der Waals surface area contributed by atoms with E-state index in [1.807, 2.05) is 0 Å². The topological polar surface area (TPSA) is 83.6 Å². The van der Waals surface area contributed by atoms with E-state index < -0.39 is 27.8 Å². The van der Waals surface area contributed by atoms with E-state index in [2.05, 4.69) is 5.32 Å². The molecule has 1 aliphatic heterocycles. The van der Waals surface area contributed by atoms with Crippen molar-refractivity contribution < 1.29 is 22.4 Å². The third-order valence-corrected chi connectivity index (χ3v) is 6.93. The Morgan fingerprint density at radius 3 is 2.45 bits per heavy atom. The van der Waals surface area contributed by atoms with Crippen molar-refractivity contribution >= 4 is 27.4 Å². The standard InChI is InChI=1S/C21H23FN2O4S/c1-14-6-11-18(22)19(13-14)23-21(26)20-5-3-4-12-24(20)29(27,28)17-9-7-16(8-10-17)15(2)25/h6-11,13,20H,3-5,12H2,1-2H3,(H,23,26). The molecule has 0 radical (unpaired) electrons. The molecule has 2 aromatic rings. The minimum Gasteiger partial charge on any atom is -0.322 e. The van der Waals surface area contributed by atoms with E-state index >= 15 is 0 Å². The molecule has 1 fully saturated rings. The average molecular weight is 418 g/mol. The van der Waals surface area contributed by atoms with E-state index in [0.29, 0.717) is 24.8 Å². The van der Waals surface area contributed by atoms with Gasteiger partial charge in [0.1, 0.15) is 11.9 Å². The van der Waals surface area contributed by atoms with Crippen LogP contribution in [-0.2, 0) is 14.8 Å². The molecule has 6 nitrogen and oxygen atoms in total. The minimum absolute atomic E-state index is 0.0175. The predicted octanol–water partition coefficient (Wildman–Crippen LogP) is 3.52. The fraction of sp³-hybridized carbons (Fsp3) is 0.333. The lowest BCUT2D eigenvalue weighted by Gasteiger charge is -2.33. The molecule has 3 rings (SSSR count). The number of nitrogens with one attached hydrogen (secondary N) is 1. The lowest BCUT2D eigenvalue weighted by molar-refractivity contribution is -0.120. The number of piperidine rings is 1. The predicted molar refractivity (Wildman–Crippen MR) is 108 cm³/mol. The summed E-state index contributed by atoms with van der Waals surface area (Å²) in [6, 6.07) is 9.08. The number of halogens is 1. The molecule has 1 amide bonds. The maximum atomic E-state index is 14.0. The van der Waals surface area contributed by atoms with Crippen LogP contribution in [0, 0.1) is 12.7 Å². The van der Waals surface area contributed by atoms with E-state index in [9.17, 15) is 22.4 Å². The molecule has 1 heterocycles. The average Bonchev–Trinajstić information content (AvgIpc) is 2.70. The van der Waals surface area contributed by atoms with Crippen LogP contribution in [0.2, 0.25) is 0 Å². The molecule has 1 atom stereocenters. The molecule has 0 aliphatic carbocycles. The number of hydrogen-bond acceptors (Lipinski definition) is 4.